The monoisotopic (exact) mass is 344 g/mol. The van der Waals surface area contributed by atoms with Crippen molar-refractivity contribution in [2.75, 3.05) is 36.4 Å². The number of hydrogen-bond donors (Lipinski definition) is 2. The zero-order valence-electron chi connectivity index (χ0n) is 15.0. The van der Waals surface area contributed by atoms with Crippen molar-refractivity contribution in [2.24, 2.45) is 0 Å². The number of hydrogen-bond acceptors (Lipinski definition) is 3. The summed E-state index contributed by atoms with van der Waals surface area (Å²) in [6.07, 6.45) is 5.99. The summed E-state index contributed by atoms with van der Waals surface area (Å²) in [5.41, 5.74) is 1.93. The van der Waals surface area contributed by atoms with E-state index in [9.17, 15) is 9.59 Å². The summed E-state index contributed by atoms with van der Waals surface area (Å²) >= 11 is 0. The molecule has 1 saturated heterocycles. The van der Waals surface area contributed by atoms with E-state index in [4.69, 9.17) is 0 Å². The molecule has 1 aliphatic carbocycles. The van der Waals surface area contributed by atoms with Gasteiger partial charge in [-0.05, 0) is 37.1 Å². The predicted octanol–water partition coefficient (Wildman–Crippen LogP) is 2.81. The van der Waals surface area contributed by atoms with Crippen molar-refractivity contribution >= 4 is 23.3 Å². The number of anilines is 2. The second-order valence-electron chi connectivity index (χ2n) is 6.99. The lowest BCUT2D eigenvalue weighted by Crippen LogP contribution is -2.53. The summed E-state index contributed by atoms with van der Waals surface area (Å²) in [5.74, 6) is -0.0645. The molecule has 2 aliphatic rings. The van der Waals surface area contributed by atoms with Gasteiger partial charge in [0.05, 0.1) is 0 Å². The molecule has 1 saturated carbocycles. The number of carbonyl (C=O) groups excluding carboxylic acids is 2. The van der Waals surface area contributed by atoms with Crippen LogP contribution < -0.4 is 15.5 Å². The van der Waals surface area contributed by atoms with Crippen LogP contribution in [0.3, 0.4) is 0 Å². The van der Waals surface area contributed by atoms with Gasteiger partial charge in [-0.25, -0.2) is 4.79 Å². The van der Waals surface area contributed by atoms with Gasteiger partial charge in [-0.1, -0.05) is 19.3 Å². The zero-order chi connectivity index (χ0) is 17.6. The molecule has 0 spiro atoms. The Hall–Kier alpha value is -2.24. The third-order valence-corrected chi connectivity index (χ3v) is 5.05. The standard InChI is InChI=1S/C19H28N4O2/c1-15(24)20-17-7-9-18(10-8-17)22-11-13-23(14-12-22)19(25)21-16-5-3-2-4-6-16/h7-10,16H,2-6,11-14H2,1H3,(H,20,24)(H,21,25). The van der Waals surface area contributed by atoms with Gasteiger partial charge in [0.15, 0.2) is 0 Å². The van der Waals surface area contributed by atoms with Crippen LogP contribution in [-0.2, 0) is 4.79 Å². The second-order valence-corrected chi connectivity index (χ2v) is 6.99. The van der Waals surface area contributed by atoms with E-state index in [1.54, 1.807) is 0 Å². The number of piperazine rings is 1. The van der Waals surface area contributed by atoms with Crippen molar-refractivity contribution < 1.29 is 9.59 Å². The number of benzene rings is 1. The first kappa shape index (κ1) is 17.6. The molecule has 1 aromatic rings. The molecule has 0 radical (unpaired) electrons. The molecule has 6 nitrogen and oxygen atoms in total. The minimum atomic E-state index is -0.0645. The van der Waals surface area contributed by atoms with Gasteiger partial charge in [-0.2, -0.15) is 0 Å². The molecular weight excluding hydrogens is 316 g/mol. The van der Waals surface area contributed by atoms with Crippen molar-refractivity contribution in [3.63, 3.8) is 0 Å². The lowest BCUT2D eigenvalue weighted by molar-refractivity contribution is -0.114. The highest BCUT2D eigenvalue weighted by molar-refractivity contribution is 5.88. The van der Waals surface area contributed by atoms with Gasteiger partial charge < -0.3 is 20.4 Å². The first-order valence-corrected chi connectivity index (χ1v) is 9.30. The molecule has 0 bridgehead atoms. The fourth-order valence-corrected chi connectivity index (χ4v) is 3.64. The molecule has 6 heteroatoms. The van der Waals surface area contributed by atoms with Gasteiger partial charge >= 0.3 is 6.03 Å². The fraction of sp³-hybridized carbons (Fsp3) is 0.579. The Balaban J connectivity index is 1.47. The lowest BCUT2D eigenvalue weighted by Gasteiger charge is -2.37. The molecule has 1 aromatic carbocycles. The molecule has 2 fully saturated rings. The third kappa shape index (κ3) is 4.87. The first-order chi connectivity index (χ1) is 12.1. The van der Waals surface area contributed by atoms with Crippen molar-refractivity contribution in [1.82, 2.24) is 10.2 Å². The van der Waals surface area contributed by atoms with Crippen LogP contribution in [0.1, 0.15) is 39.0 Å². The summed E-state index contributed by atoms with van der Waals surface area (Å²) in [5, 5.41) is 5.97. The van der Waals surface area contributed by atoms with Crippen molar-refractivity contribution in [1.29, 1.82) is 0 Å². The lowest BCUT2D eigenvalue weighted by atomic mass is 9.96. The minimum Gasteiger partial charge on any atom is -0.368 e. The molecule has 1 heterocycles. The Morgan fingerprint density at radius 1 is 0.960 bits per heavy atom. The normalized spacial score (nSPS) is 18.8. The zero-order valence-corrected chi connectivity index (χ0v) is 15.0. The fourth-order valence-electron chi connectivity index (χ4n) is 3.64. The minimum absolute atomic E-state index is 0.0645. The number of urea groups is 1. The average Bonchev–Trinajstić information content (AvgIpc) is 2.63. The van der Waals surface area contributed by atoms with E-state index in [2.05, 4.69) is 15.5 Å². The summed E-state index contributed by atoms with van der Waals surface area (Å²) in [4.78, 5) is 27.7. The van der Waals surface area contributed by atoms with Gasteiger partial charge in [-0.3, -0.25) is 4.79 Å². The Morgan fingerprint density at radius 3 is 2.20 bits per heavy atom. The van der Waals surface area contributed by atoms with Crippen molar-refractivity contribution in [2.45, 2.75) is 45.1 Å². The SMILES string of the molecule is CC(=O)Nc1ccc(N2CCN(C(=O)NC3CCCCC3)CC2)cc1. The van der Waals surface area contributed by atoms with E-state index in [0.717, 1.165) is 50.4 Å². The van der Waals surface area contributed by atoms with Gasteiger partial charge in [0.1, 0.15) is 0 Å². The molecular formula is C19H28N4O2. The summed E-state index contributed by atoms with van der Waals surface area (Å²) in [7, 11) is 0. The molecule has 0 aromatic heterocycles. The molecule has 1 aliphatic heterocycles. The van der Waals surface area contributed by atoms with Crippen LogP contribution in [0.15, 0.2) is 24.3 Å². The van der Waals surface area contributed by atoms with E-state index in [-0.39, 0.29) is 11.9 Å². The maximum Gasteiger partial charge on any atom is 0.317 e. The molecule has 136 valence electrons. The largest absolute Gasteiger partial charge is 0.368 e. The molecule has 0 atom stereocenters. The highest BCUT2D eigenvalue weighted by atomic mass is 16.2. The van der Waals surface area contributed by atoms with Crippen LogP contribution >= 0.6 is 0 Å². The second kappa shape index (κ2) is 8.23. The van der Waals surface area contributed by atoms with E-state index >= 15 is 0 Å². The summed E-state index contributed by atoms with van der Waals surface area (Å²) in [6, 6.07) is 8.32. The topological polar surface area (TPSA) is 64.7 Å². The first-order valence-electron chi connectivity index (χ1n) is 9.30. The predicted molar refractivity (Wildman–Crippen MR) is 99.9 cm³/mol. The van der Waals surface area contributed by atoms with Crippen LogP contribution in [0.5, 0.6) is 0 Å². The highest BCUT2D eigenvalue weighted by Gasteiger charge is 2.23. The van der Waals surface area contributed by atoms with Crippen molar-refractivity contribution in [3.8, 4) is 0 Å². The average molecular weight is 344 g/mol. The van der Waals surface area contributed by atoms with E-state index in [1.165, 1.54) is 26.2 Å². The van der Waals surface area contributed by atoms with Crippen LogP contribution in [0.2, 0.25) is 0 Å². The van der Waals surface area contributed by atoms with E-state index in [1.807, 2.05) is 29.2 Å². The molecule has 2 N–H and O–H groups in total. The molecule has 3 amide bonds. The van der Waals surface area contributed by atoms with Crippen LogP contribution in [0.4, 0.5) is 16.2 Å². The Bertz CT molecular complexity index is 588. The van der Waals surface area contributed by atoms with Gasteiger partial charge in [0.25, 0.3) is 0 Å². The number of nitrogens with one attached hydrogen (secondary N) is 2. The Kier molecular flexibility index (Phi) is 5.79. The van der Waals surface area contributed by atoms with E-state index < -0.39 is 0 Å². The number of rotatable bonds is 3. The number of amides is 3. The molecule has 3 rings (SSSR count). The van der Waals surface area contributed by atoms with Crippen LogP contribution in [0.25, 0.3) is 0 Å². The van der Waals surface area contributed by atoms with Crippen LogP contribution in [-0.4, -0.2) is 49.1 Å². The Labute approximate surface area is 149 Å². The summed E-state index contributed by atoms with van der Waals surface area (Å²) in [6.45, 7) is 4.65. The van der Waals surface area contributed by atoms with Crippen molar-refractivity contribution in [3.05, 3.63) is 24.3 Å². The van der Waals surface area contributed by atoms with Gasteiger partial charge in [-0.15, -0.1) is 0 Å². The van der Waals surface area contributed by atoms with Gasteiger partial charge in [0, 0.05) is 50.5 Å². The van der Waals surface area contributed by atoms with E-state index in [0.29, 0.717) is 6.04 Å². The highest BCUT2D eigenvalue weighted by Crippen LogP contribution is 2.20. The summed E-state index contributed by atoms with van der Waals surface area (Å²) < 4.78 is 0. The van der Waals surface area contributed by atoms with Crippen LogP contribution in [0, 0.1) is 0 Å². The van der Waals surface area contributed by atoms with Gasteiger partial charge in [0.2, 0.25) is 5.91 Å². The smallest absolute Gasteiger partial charge is 0.317 e. The maximum atomic E-state index is 12.4. The molecule has 0 unspecified atom stereocenters. The Morgan fingerprint density at radius 2 is 1.60 bits per heavy atom. The number of carbonyl (C=O) groups is 2. The number of nitrogens with zero attached hydrogens (tertiary/aromatic N) is 2. The molecule has 25 heavy (non-hydrogen) atoms. The third-order valence-electron chi connectivity index (χ3n) is 5.05. The maximum absolute atomic E-state index is 12.4. The quantitative estimate of drug-likeness (QED) is 0.886.